The van der Waals surface area contributed by atoms with Crippen LogP contribution in [0.5, 0.6) is 0 Å². The van der Waals surface area contributed by atoms with Gasteiger partial charge >= 0.3 is 0 Å². The Morgan fingerprint density at radius 1 is 1.43 bits per heavy atom. The molecule has 14 heavy (non-hydrogen) atoms. The van der Waals surface area contributed by atoms with Crippen molar-refractivity contribution in [1.29, 1.82) is 0 Å². The summed E-state index contributed by atoms with van der Waals surface area (Å²) in [6.45, 7) is 8.02. The maximum absolute atomic E-state index is 5.47. The Labute approximate surface area is 88.6 Å². The van der Waals surface area contributed by atoms with Gasteiger partial charge in [0.2, 0.25) is 0 Å². The third-order valence-corrected chi connectivity index (χ3v) is 3.52. The molecular weight excluding hydrogens is 174 g/mol. The lowest BCUT2D eigenvalue weighted by molar-refractivity contribution is -0.170. The molecule has 2 nitrogen and oxygen atoms in total. The second kappa shape index (κ2) is 5.72. The SMILES string of the molecule is CCC1CCCN(OC)C(C(C)C)C1. The quantitative estimate of drug-likeness (QED) is 0.692. The molecule has 1 fully saturated rings. The second-order valence-electron chi connectivity index (χ2n) is 4.79. The van der Waals surface area contributed by atoms with E-state index in [4.69, 9.17) is 4.84 Å². The van der Waals surface area contributed by atoms with Crippen molar-refractivity contribution in [2.75, 3.05) is 13.7 Å². The molecule has 1 aliphatic rings. The van der Waals surface area contributed by atoms with E-state index in [1.165, 1.54) is 25.7 Å². The van der Waals surface area contributed by atoms with Gasteiger partial charge in [-0.3, -0.25) is 0 Å². The van der Waals surface area contributed by atoms with Crippen LogP contribution < -0.4 is 0 Å². The van der Waals surface area contributed by atoms with E-state index < -0.39 is 0 Å². The summed E-state index contributed by atoms with van der Waals surface area (Å²) in [5.41, 5.74) is 0. The number of hydroxylamine groups is 2. The van der Waals surface area contributed by atoms with E-state index in [1.807, 2.05) is 7.11 Å². The highest BCUT2D eigenvalue weighted by molar-refractivity contribution is 4.77. The zero-order chi connectivity index (χ0) is 10.6. The van der Waals surface area contributed by atoms with Gasteiger partial charge in [0.15, 0.2) is 0 Å². The fourth-order valence-electron chi connectivity index (χ4n) is 2.48. The van der Waals surface area contributed by atoms with E-state index >= 15 is 0 Å². The molecule has 2 unspecified atom stereocenters. The fraction of sp³-hybridized carbons (Fsp3) is 1.00. The third-order valence-electron chi connectivity index (χ3n) is 3.52. The van der Waals surface area contributed by atoms with Crippen LogP contribution in [-0.2, 0) is 4.84 Å². The highest BCUT2D eigenvalue weighted by Crippen LogP contribution is 2.28. The molecule has 2 atom stereocenters. The van der Waals surface area contributed by atoms with E-state index in [1.54, 1.807) is 0 Å². The molecule has 0 saturated carbocycles. The molecule has 0 aliphatic carbocycles. The van der Waals surface area contributed by atoms with Crippen LogP contribution in [0.15, 0.2) is 0 Å². The van der Waals surface area contributed by atoms with Crippen LogP contribution in [0.1, 0.15) is 46.5 Å². The zero-order valence-corrected chi connectivity index (χ0v) is 10.1. The maximum atomic E-state index is 5.47. The van der Waals surface area contributed by atoms with Crippen molar-refractivity contribution in [2.24, 2.45) is 11.8 Å². The van der Waals surface area contributed by atoms with E-state index in [0.29, 0.717) is 12.0 Å². The molecule has 84 valence electrons. The smallest absolute Gasteiger partial charge is 0.0575 e. The lowest BCUT2D eigenvalue weighted by Crippen LogP contribution is -2.38. The van der Waals surface area contributed by atoms with Crippen LogP contribution >= 0.6 is 0 Å². The van der Waals surface area contributed by atoms with Crippen LogP contribution in [0, 0.1) is 11.8 Å². The molecule has 0 spiro atoms. The summed E-state index contributed by atoms with van der Waals surface area (Å²) in [4.78, 5) is 5.47. The van der Waals surface area contributed by atoms with E-state index in [9.17, 15) is 0 Å². The molecule has 1 rings (SSSR count). The van der Waals surface area contributed by atoms with Gasteiger partial charge in [0, 0.05) is 12.6 Å². The normalized spacial score (nSPS) is 30.6. The minimum atomic E-state index is 0.618. The summed E-state index contributed by atoms with van der Waals surface area (Å²) in [5.74, 6) is 1.60. The number of nitrogens with zero attached hydrogens (tertiary/aromatic N) is 1. The van der Waals surface area contributed by atoms with Crippen LogP contribution in [0.25, 0.3) is 0 Å². The Morgan fingerprint density at radius 2 is 2.14 bits per heavy atom. The minimum Gasteiger partial charge on any atom is -0.302 e. The first-order chi connectivity index (χ1) is 6.69. The van der Waals surface area contributed by atoms with Crippen molar-refractivity contribution in [2.45, 2.75) is 52.5 Å². The molecule has 0 radical (unpaired) electrons. The summed E-state index contributed by atoms with van der Waals surface area (Å²) < 4.78 is 0. The van der Waals surface area contributed by atoms with Gasteiger partial charge in [-0.25, -0.2) is 0 Å². The topological polar surface area (TPSA) is 12.5 Å². The monoisotopic (exact) mass is 199 g/mol. The summed E-state index contributed by atoms with van der Waals surface area (Å²) in [6.07, 6.45) is 5.29. The Hall–Kier alpha value is -0.0800. The van der Waals surface area contributed by atoms with Gasteiger partial charge in [-0.1, -0.05) is 27.2 Å². The lowest BCUT2D eigenvalue weighted by atomic mass is 9.90. The zero-order valence-electron chi connectivity index (χ0n) is 10.1. The standard InChI is InChI=1S/C12H25NO/c1-5-11-7-6-8-13(14-4)12(9-11)10(2)3/h10-12H,5-9H2,1-4H3. The molecule has 1 saturated heterocycles. The second-order valence-corrected chi connectivity index (χ2v) is 4.79. The Kier molecular flexibility index (Phi) is 4.90. The van der Waals surface area contributed by atoms with Crippen LogP contribution in [0.4, 0.5) is 0 Å². The fourth-order valence-corrected chi connectivity index (χ4v) is 2.48. The van der Waals surface area contributed by atoms with Crippen molar-refractivity contribution in [3.8, 4) is 0 Å². The highest BCUT2D eigenvalue weighted by Gasteiger charge is 2.27. The highest BCUT2D eigenvalue weighted by atomic mass is 16.7. The first kappa shape index (κ1) is 12.0. The predicted molar refractivity (Wildman–Crippen MR) is 60.0 cm³/mol. The van der Waals surface area contributed by atoms with Gasteiger partial charge in [-0.05, 0) is 31.1 Å². The largest absolute Gasteiger partial charge is 0.302 e. The van der Waals surface area contributed by atoms with Gasteiger partial charge in [0.25, 0.3) is 0 Å². The van der Waals surface area contributed by atoms with Gasteiger partial charge < -0.3 is 4.84 Å². The van der Waals surface area contributed by atoms with E-state index in [2.05, 4.69) is 25.8 Å². The van der Waals surface area contributed by atoms with E-state index in [-0.39, 0.29) is 0 Å². The molecule has 1 aliphatic heterocycles. The molecule has 0 amide bonds. The third kappa shape index (κ3) is 2.96. The Balaban J connectivity index is 2.61. The summed E-state index contributed by atoms with van der Waals surface area (Å²) in [6, 6.07) is 0.618. The lowest BCUT2D eigenvalue weighted by Gasteiger charge is -2.31. The number of rotatable bonds is 3. The van der Waals surface area contributed by atoms with Crippen LogP contribution in [-0.4, -0.2) is 24.8 Å². The molecule has 0 N–H and O–H groups in total. The number of hydrogen-bond donors (Lipinski definition) is 0. The number of hydrogen-bond acceptors (Lipinski definition) is 2. The Bertz CT molecular complexity index is 158. The molecule has 1 heterocycles. The summed E-state index contributed by atoms with van der Waals surface area (Å²) >= 11 is 0. The minimum absolute atomic E-state index is 0.618. The predicted octanol–water partition coefficient (Wildman–Crippen LogP) is 3.08. The van der Waals surface area contributed by atoms with Crippen molar-refractivity contribution in [3.63, 3.8) is 0 Å². The maximum Gasteiger partial charge on any atom is 0.0575 e. The van der Waals surface area contributed by atoms with Crippen molar-refractivity contribution in [1.82, 2.24) is 5.06 Å². The first-order valence-electron chi connectivity index (χ1n) is 5.99. The van der Waals surface area contributed by atoms with Crippen LogP contribution in [0.2, 0.25) is 0 Å². The van der Waals surface area contributed by atoms with E-state index in [0.717, 1.165) is 12.5 Å². The van der Waals surface area contributed by atoms with Gasteiger partial charge in [-0.15, -0.1) is 0 Å². The first-order valence-corrected chi connectivity index (χ1v) is 5.99. The van der Waals surface area contributed by atoms with Gasteiger partial charge in [-0.2, -0.15) is 5.06 Å². The van der Waals surface area contributed by atoms with Gasteiger partial charge in [0.1, 0.15) is 0 Å². The summed E-state index contributed by atoms with van der Waals surface area (Å²) in [7, 11) is 1.81. The van der Waals surface area contributed by atoms with Crippen molar-refractivity contribution in [3.05, 3.63) is 0 Å². The molecule has 0 aromatic rings. The molecular formula is C12H25NO. The summed E-state index contributed by atoms with van der Waals surface area (Å²) in [5, 5.41) is 2.19. The molecule has 0 aromatic heterocycles. The van der Waals surface area contributed by atoms with Crippen molar-refractivity contribution < 1.29 is 4.84 Å². The Morgan fingerprint density at radius 3 is 2.64 bits per heavy atom. The average molecular weight is 199 g/mol. The van der Waals surface area contributed by atoms with Crippen LogP contribution in [0.3, 0.4) is 0 Å². The molecule has 2 heteroatoms. The van der Waals surface area contributed by atoms with Crippen molar-refractivity contribution >= 4 is 0 Å². The van der Waals surface area contributed by atoms with Gasteiger partial charge in [0.05, 0.1) is 7.11 Å². The molecule has 0 aromatic carbocycles. The molecule has 0 bridgehead atoms. The average Bonchev–Trinajstić information content (AvgIpc) is 2.38.